The number of nitriles is 1. The molecule has 0 aromatic heterocycles. The Kier molecular flexibility index (Phi) is 5.88. The molecule has 2 rings (SSSR count). The van der Waals surface area contributed by atoms with E-state index in [0.717, 1.165) is 5.56 Å². The first-order chi connectivity index (χ1) is 11.9. The van der Waals surface area contributed by atoms with Crippen molar-refractivity contribution >= 4 is 29.3 Å². The van der Waals surface area contributed by atoms with Crippen LogP contribution in [0.25, 0.3) is 6.08 Å². The molecule has 0 heterocycles. The lowest BCUT2D eigenvalue weighted by molar-refractivity contribution is -0.384. The highest BCUT2D eigenvalue weighted by Crippen LogP contribution is 2.26. The van der Waals surface area contributed by atoms with Crippen LogP contribution in [-0.2, 0) is 4.79 Å². The van der Waals surface area contributed by atoms with Crippen LogP contribution >= 0.6 is 11.6 Å². The predicted octanol–water partition coefficient (Wildman–Crippen LogP) is 4.03. The van der Waals surface area contributed by atoms with Gasteiger partial charge in [0.1, 0.15) is 16.7 Å². The monoisotopic (exact) mass is 355 g/mol. The zero-order valence-corrected chi connectivity index (χ0v) is 14.0. The Hall–Kier alpha value is -3.17. The number of carbonyl (C=O) groups excluding carboxylic acids is 1. The van der Waals surface area contributed by atoms with Crippen LogP contribution in [0.5, 0.6) is 0 Å². The number of halogens is 1. The molecule has 0 saturated heterocycles. The fourth-order valence-electron chi connectivity index (χ4n) is 2.17. The molecule has 0 aliphatic carbocycles. The van der Waals surface area contributed by atoms with E-state index in [-0.39, 0.29) is 22.3 Å². The zero-order valence-electron chi connectivity index (χ0n) is 13.3. The Morgan fingerprint density at radius 3 is 2.60 bits per heavy atom. The lowest BCUT2D eigenvalue weighted by Gasteiger charge is -2.13. The lowest BCUT2D eigenvalue weighted by Crippen LogP contribution is -2.27. The number of amides is 1. The van der Waals surface area contributed by atoms with Gasteiger partial charge in [0, 0.05) is 6.07 Å². The summed E-state index contributed by atoms with van der Waals surface area (Å²) in [6, 6.07) is 14.9. The number of nitro groups is 1. The Morgan fingerprint density at radius 1 is 1.32 bits per heavy atom. The number of nitrogens with zero attached hydrogens (tertiary/aromatic N) is 2. The third-order valence-corrected chi connectivity index (χ3v) is 3.81. The summed E-state index contributed by atoms with van der Waals surface area (Å²) in [6.07, 6.45) is 1.29. The van der Waals surface area contributed by atoms with Gasteiger partial charge in [-0.15, -0.1) is 0 Å². The average Bonchev–Trinajstić information content (AvgIpc) is 2.61. The van der Waals surface area contributed by atoms with Gasteiger partial charge < -0.3 is 5.32 Å². The number of nitrogens with one attached hydrogen (secondary N) is 1. The molecular formula is C18H14ClN3O3. The Labute approximate surface area is 149 Å². The fourth-order valence-corrected chi connectivity index (χ4v) is 2.36. The summed E-state index contributed by atoms with van der Waals surface area (Å²) in [4.78, 5) is 22.6. The molecule has 0 fully saturated rings. The first kappa shape index (κ1) is 18.2. The molecule has 0 aliphatic rings. The van der Waals surface area contributed by atoms with Gasteiger partial charge in [-0.25, -0.2) is 0 Å². The van der Waals surface area contributed by atoms with Gasteiger partial charge in [0.15, 0.2) is 0 Å². The molecule has 126 valence electrons. The number of rotatable bonds is 5. The minimum atomic E-state index is -0.622. The fraction of sp³-hybridized carbons (Fsp3) is 0.111. The van der Waals surface area contributed by atoms with Crippen LogP contribution in [0.4, 0.5) is 5.69 Å². The van der Waals surface area contributed by atoms with Gasteiger partial charge in [0.25, 0.3) is 11.6 Å². The van der Waals surface area contributed by atoms with Gasteiger partial charge in [0.2, 0.25) is 0 Å². The minimum absolute atomic E-state index is 0.0113. The van der Waals surface area contributed by atoms with Crippen molar-refractivity contribution in [3.63, 3.8) is 0 Å². The highest BCUT2D eigenvalue weighted by atomic mass is 35.5. The summed E-state index contributed by atoms with van der Waals surface area (Å²) >= 11 is 5.75. The highest BCUT2D eigenvalue weighted by molar-refractivity contribution is 6.32. The van der Waals surface area contributed by atoms with Crippen molar-refractivity contribution in [2.75, 3.05) is 0 Å². The van der Waals surface area contributed by atoms with Crippen LogP contribution in [0.2, 0.25) is 5.02 Å². The Bertz CT molecular complexity index is 873. The topological polar surface area (TPSA) is 96.0 Å². The van der Waals surface area contributed by atoms with Crippen molar-refractivity contribution in [2.24, 2.45) is 0 Å². The molecule has 0 unspecified atom stereocenters. The van der Waals surface area contributed by atoms with E-state index < -0.39 is 10.8 Å². The third kappa shape index (κ3) is 4.66. The molecule has 2 aromatic carbocycles. The van der Waals surface area contributed by atoms with E-state index in [1.165, 1.54) is 24.3 Å². The molecular weight excluding hydrogens is 342 g/mol. The van der Waals surface area contributed by atoms with E-state index in [0.29, 0.717) is 5.56 Å². The van der Waals surface area contributed by atoms with Gasteiger partial charge in [-0.05, 0) is 30.2 Å². The van der Waals surface area contributed by atoms with Crippen LogP contribution in [0.1, 0.15) is 24.1 Å². The van der Waals surface area contributed by atoms with E-state index in [9.17, 15) is 20.2 Å². The Morgan fingerprint density at radius 2 is 2.00 bits per heavy atom. The summed E-state index contributed by atoms with van der Waals surface area (Å²) < 4.78 is 0. The van der Waals surface area contributed by atoms with Gasteiger partial charge in [-0.2, -0.15) is 5.26 Å². The molecule has 25 heavy (non-hydrogen) atoms. The van der Waals surface area contributed by atoms with Crippen LogP contribution in [0.15, 0.2) is 54.1 Å². The van der Waals surface area contributed by atoms with E-state index in [1.54, 1.807) is 6.92 Å². The number of hydrogen-bond donors (Lipinski definition) is 1. The molecule has 2 aromatic rings. The largest absolute Gasteiger partial charge is 0.345 e. The van der Waals surface area contributed by atoms with Crippen molar-refractivity contribution in [1.29, 1.82) is 5.26 Å². The molecule has 1 atom stereocenters. The molecule has 1 amide bonds. The summed E-state index contributed by atoms with van der Waals surface area (Å²) in [6.45, 7) is 1.80. The van der Waals surface area contributed by atoms with Crippen molar-refractivity contribution in [3.05, 3.63) is 80.4 Å². The standard InChI is InChI=1S/C18H14ClN3O3/c1-12(14-5-3-2-4-6-14)21-18(23)15(11-20)9-13-7-8-16(19)17(10-13)22(24)25/h2-10,12H,1H3,(H,21,23)/b15-9-/t12-/m1/s1. The highest BCUT2D eigenvalue weighted by Gasteiger charge is 2.16. The normalized spacial score (nSPS) is 12.1. The molecule has 0 saturated carbocycles. The average molecular weight is 356 g/mol. The maximum Gasteiger partial charge on any atom is 0.288 e. The van der Waals surface area contributed by atoms with E-state index >= 15 is 0 Å². The second-order valence-electron chi connectivity index (χ2n) is 5.24. The van der Waals surface area contributed by atoms with Crippen LogP contribution in [-0.4, -0.2) is 10.8 Å². The van der Waals surface area contributed by atoms with Gasteiger partial charge >= 0.3 is 0 Å². The maximum absolute atomic E-state index is 12.3. The number of carbonyl (C=O) groups is 1. The summed E-state index contributed by atoms with van der Waals surface area (Å²) in [5, 5.41) is 22.9. The molecule has 0 radical (unpaired) electrons. The number of nitro benzene ring substituents is 1. The van der Waals surface area contributed by atoms with Crippen LogP contribution in [0.3, 0.4) is 0 Å². The molecule has 1 N–H and O–H groups in total. The summed E-state index contributed by atoms with van der Waals surface area (Å²) in [7, 11) is 0. The second kappa shape index (κ2) is 8.08. The minimum Gasteiger partial charge on any atom is -0.345 e. The molecule has 0 bridgehead atoms. The van der Waals surface area contributed by atoms with E-state index in [1.807, 2.05) is 36.4 Å². The smallest absolute Gasteiger partial charge is 0.288 e. The molecule has 7 heteroatoms. The summed E-state index contributed by atoms with van der Waals surface area (Å²) in [5.74, 6) is -0.559. The van der Waals surface area contributed by atoms with Gasteiger partial charge in [-0.1, -0.05) is 48.0 Å². The molecule has 0 spiro atoms. The first-order valence-corrected chi connectivity index (χ1v) is 7.71. The Balaban J connectivity index is 2.23. The van der Waals surface area contributed by atoms with Crippen molar-refractivity contribution in [2.45, 2.75) is 13.0 Å². The first-order valence-electron chi connectivity index (χ1n) is 7.34. The van der Waals surface area contributed by atoms with Gasteiger partial charge in [0.05, 0.1) is 11.0 Å². The zero-order chi connectivity index (χ0) is 18.4. The predicted molar refractivity (Wildman–Crippen MR) is 94.7 cm³/mol. The number of hydrogen-bond acceptors (Lipinski definition) is 4. The second-order valence-corrected chi connectivity index (χ2v) is 5.65. The number of benzene rings is 2. The lowest BCUT2D eigenvalue weighted by atomic mass is 10.1. The summed E-state index contributed by atoms with van der Waals surface area (Å²) in [5.41, 5.74) is 0.801. The van der Waals surface area contributed by atoms with Crippen molar-refractivity contribution < 1.29 is 9.72 Å². The van der Waals surface area contributed by atoms with E-state index in [2.05, 4.69) is 5.32 Å². The molecule has 6 nitrogen and oxygen atoms in total. The molecule has 0 aliphatic heterocycles. The van der Waals surface area contributed by atoms with Gasteiger partial charge in [-0.3, -0.25) is 14.9 Å². The van der Waals surface area contributed by atoms with Crippen molar-refractivity contribution in [3.8, 4) is 6.07 Å². The quantitative estimate of drug-likeness (QED) is 0.379. The van der Waals surface area contributed by atoms with Crippen LogP contribution in [0, 0.1) is 21.4 Å². The third-order valence-electron chi connectivity index (χ3n) is 3.49. The van der Waals surface area contributed by atoms with Crippen LogP contribution < -0.4 is 5.32 Å². The van der Waals surface area contributed by atoms with E-state index in [4.69, 9.17) is 11.6 Å². The maximum atomic E-state index is 12.3. The van der Waals surface area contributed by atoms with Crippen molar-refractivity contribution in [1.82, 2.24) is 5.32 Å². The SMILES string of the molecule is C[C@@H](NC(=O)/C(C#N)=C\c1ccc(Cl)c([N+](=O)[O-])c1)c1ccccc1.